The molecule has 2 nitrogen and oxygen atoms in total. The van der Waals surface area contributed by atoms with Gasteiger partial charge in [-0.2, -0.15) is 0 Å². The maximum Gasteiger partial charge on any atom is 0.0195 e. The summed E-state index contributed by atoms with van der Waals surface area (Å²) in [5.41, 5.74) is 3.16. The molecule has 2 aliphatic rings. The van der Waals surface area contributed by atoms with Gasteiger partial charge in [0.05, 0.1) is 0 Å². The van der Waals surface area contributed by atoms with Gasteiger partial charge in [0.1, 0.15) is 0 Å². The van der Waals surface area contributed by atoms with Gasteiger partial charge in [-0.1, -0.05) is 31.2 Å². The van der Waals surface area contributed by atoms with Crippen molar-refractivity contribution in [3.05, 3.63) is 35.4 Å². The predicted molar refractivity (Wildman–Crippen MR) is 80.5 cm³/mol. The number of hydrogen-bond donors (Lipinski definition) is 1. The van der Waals surface area contributed by atoms with Gasteiger partial charge >= 0.3 is 0 Å². The highest BCUT2D eigenvalue weighted by molar-refractivity contribution is 5.30. The molecule has 1 aromatic carbocycles. The Morgan fingerprint density at radius 1 is 1.21 bits per heavy atom. The van der Waals surface area contributed by atoms with Crippen LogP contribution in [0.2, 0.25) is 0 Å². The van der Waals surface area contributed by atoms with Crippen LogP contribution in [0.3, 0.4) is 0 Å². The van der Waals surface area contributed by atoms with Crippen LogP contribution in [0.5, 0.6) is 0 Å². The molecule has 2 heteroatoms. The normalized spacial score (nSPS) is 26.6. The fourth-order valence-corrected chi connectivity index (χ4v) is 3.72. The van der Waals surface area contributed by atoms with E-state index < -0.39 is 0 Å². The molecule has 0 aromatic heterocycles. The highest BCUT2D eigenvalue weighted by Gasteiger charge is 2.26. The van der Waals surface area contributed by atoms with E-state index in [0.29, 0.717) is 0 Å². The number of nitrogens with zero attached hydrogens (tertiary/aromatic N) is 1. The van der Waals surface area contributed by atoms with Gasteiger partial charge in [-0.15, -0.1) is 0 Å². The van der Waals surface area contributed by atoms with Crippen molar-refractivity contribution < 1.29 is 0 Å². The molecule has 0 radical (unpaired) electrons. The molecule has 1 fully saturated rings. The van der Waals surface area contributed by atoms with Crippen molar-refractivity contribution in [1.29, 1.82) is 0 Å². The van der Waals surface area contributed by atoms with E-state index in [1.807, 2.05) is 0 Å². The van der Waals surface area contributed by atoms with E-state index >= 15 is 0 Å². The number of hydrogen-bond acceptors (Lipinski definition) is 2. The highest BCUT2D eigenvalue weighted by atomic mass is 15.2. The minimum atomic E-state index is 0.733. The molecule has 104 valence electrons. The Hall–Kier alpha value is -0.860. The Kier molecular flexibility index (Phi) is 4.19. The van der Waals surface area contributed by atoms with Gasteiger partial charge in [-0.3, -0.25) is 4.90 Å². The second kappa shape index (κ2) is 6.06. The van der Waals surface area contributed by atoms with Gasteiger partial charge in [-0.25, -0.2) is 0 Å². The molecule has 19 heavy (non-hydrogen) atoms. The zero-order chi connectivity index (χ0) is 13.1. The van der Waals surface area contributed by atoms with Crippen LogP contribution < -0.4 is 5.32 Å². The zero-order valence-corrected chi connectivity index (χ0v) is 12.1. The van der Waals surface area contributed by atoms with Crippen LogP contribution in [-0.2, 0) is 12.8 Å². The molecule has 2 unspecified atom stereocenters. The first kappa shape index (κ1) is 13.1. The molecule has 0 spiro atoms. The fraction of sp³-hybridized carbons (Fsp3) is 0.647. The monoisotopic (exact) mass is 258 g/mol. The van der Waals surface area contributed by atoms with E-state index in [0.717, 1.165) is 12.1 Å². The summed E-state index contributed by atoms with van der Waals surface area (Å²) in [4.78, 5) is 2.71. The van der Waals surface area contributed by atoms with Crippen molar-refractivity contribution in [2.75, 3.05) is 19.6 Å². The highest BCUT2D eigenvalue weighted by Crippen LogP contribution is 2.25. The quantitative estimate of drug-likeness (QED) is 0.893. The molecule has 1 saturated heterocycles. The Morgan fingerprint density at radius 2 is 2.05 bits per heavy atom. The summed E-state index contributed by atoms with van der Waals surface area (Å²) in [5, 5.41) is 3.64. The average Bonchev–Trinajstić information content (AvgIpc) is 2.97. The summed E-state index contributed by atoms with van der Waals surface area (Å²) >= 11 is 0. The smallest absolute Gasteiger partial charge is 0.0195 e. The fourth-order valence-electron chi connectivity index (χ4n) is 3.72. The van der Waals surface area contributed by atoms with Crippen molar-refractivity contribution in [3.63, 3.8) is 0 Å². The second-order valence-corrected chi connectivity index (χ2v) is 6.05. The van der Waals surface area contributed by atoms with Gasteiger partial charge < -0.3 is 5.32 Å². The standard InChI is InChI=1S/C17H26N2/c1-2-19(13-16-8-5-11-18-16)17-10-9-14-6-3-4-7-15(14)12-17/h3-4,6-7,16-18H,2,5,8-13H2,1H3. The van der Waals surface area contributed by atoms with E-state index in [1.54, 1.807) is 11.1 Å². The van der Waals surface area contributed by atoms with Gasteiger partial charge in [-0.05, 0) is 56.3 Å². The minimum absolute atomic E-state index is 0.733. The van der Waals surface area contributed by atoms with Crippen LogP contribution in [0.25, 0.3) is 0 Å². The summed E-state index contributed by atoms with van der Waals surface area (Å²) in [6, 6.07) is 10.5. The number of fused-ring (bicyclic) bond motifs is 1. The summed E-state index contributed by atoms with van der Waals surface area (Å²) in [6.45, 7) is 5.96. The largest absolute Gasteiger partial charge is 0.313 e. The average molecular weight is 258 g/mol. The Balaban J connectivity index is 1.64. The zero-order valence-electron chi connectivity index (χ0n) is 12.1. The number of benzene rings is 1. The lowest BCUT2D eigenvalue weighted by atomic mass is 9.87. The summed E-state index contributed by atoms with van der Waals surface area (Å²) in [6.07, 6.45) is 6.55. The van der Waals surface area contributed by atoms with Crippen LogP contribution in [0, 0.1) is 0 Å². The first-order valence-corrected chi connectivity index (χ1v) is 7.91. The summed E-state index contributed by atoms with van der Waals surface area (Å²) in [5.74, 6) is 0. The third-order valence-electron chi connectivity index (χ3n) is 4.86. The van der Waals surface area contributed by atoms with Gasteiger partial charge in [0, 0.05) is 18.6 Å². The molecule has 0 amide bonds. The van der Waals surface area contributed by atoms with Crippen LogP contribution in [0.1, 0.15) is 37.3 Å². The summed E-state index contributed by atoms with van der Waals surface area (Å²) in [7, 11) is 0. The first-order chi connectivity index (χ1) is 9.36. The molecule has 0 bridgehead atoms. The van der Waals surface area contributed by atoms with E-state index in [1.165, 1.54) is 51.7 Å². The molecule has 0 saturated carbocycles. The lowest BCUT2D eigenvalue weighted by Gasteiger charge is -2.36. The van der Waals surface area contributed by atoms with E-state index in [9.17, 15) is 0 Å². The van der Waals surface area contributed by atoms with E-state index in [4.69, 9.17) is 0 Å². The van der Waals surface area contributed by atoms with Gasteiger partial charge in [0.15, 0.2) is 0 Å². The van der Waals surface area contributed by atoms with Crippen molar-refractivity contribution >= 4 is 0 Å². The lowest BCUT2D eigenvalue weighted by Crippen LogP contribution is -2.45. The SMILES string of the molecule is CCN(CC1CCCN1)C1CCc2ccccc2C1. The molecule has 1 aliphatic heterocycles. The molecular formula is C17H26N2. The maximum atomic E-state index is 3.64. The Labute approximate surface area is 117 Å². The van der Waals surface area contributed by atoms with Crippen molar-refractivity contribution in [3.8, 4) is 0 Å². The van der Waals surface area contributed by atoms with Crippen LogP contribution in [0.4, 0.5) is 0 Å². The number of likely N-dealkylation sites (N-methyl/N-ethyl adjacent to an activating group) is 1. The van der Waals surface area contributed by atoms with E-state index in [2.05, 4.69) is 41.4 Å². The summed E-state index contributed by atoms with van der Waals surface area (Å²) < 4.78 is 0. The number of rotatable bonds is 4. The molecule has 1 aromatic rings. The molecule has 2 atom stereocenters. The van der Waals surface area contributed by atoms with E-state index in [-0.39, 0.29) is 0 Å². The van der Waals surface area contributed by atoms with Crippen molar-refractivity contribution in [2.24, 2.45) is 0 Å². The molecule has 1 N–H and O–H groups in total. The molecule has 3 rings (SSSR count). The predicted octanol–water partition coefficient (Wildman–Crippen LogP) is 2.62. The van der Waals surface area contributed by atoms with Crippen LogP contribution in [-0.4, -0.2) is 36.6 Å². The first-order valence-electron chi connectivity index (χ1n) is 7.91. The third kappa shape index (κ3) is 3.01. The van der Waals surface area contributed by atoms with Crippen LogP contribution in [0.15, 0.2) is 24.3 Å². The minimum Gasteiger partial charge on any atom is -0.313 e. The van der Waals surface area contributed by atoms with Crippen LogP contribution >= 0.6 is 0 Å². The van der Waals surface area contributed by atoms with Crippen molar-refractivity contribution in [2.45, 2.75) is 51.1 Å². The maximum absolute atomic E-state index is 3.64. The van der Waals surface area contributed by atoms with Crippen molar-refractivity contribution in [1.82, 2.24) is 10.2 Å². The molecule has 1 aliphatic carbocycles. The van der Waals surface area contributed by atoms with Gasteiger partial charge in [0.2, 0.25) is 0 Å². The molecule has 1 heterocycles. The third-order valence-corrected chi connectivity index (χ3v) is 4.86. The molecular weight excluding hydrogens is 232 g/mol. The Morgan fingerprint density at radius 3 is 2.79 bits per heavy atom. The van der Waals surface area contributed by atoms with Gasteiger partial charge in [0.25, 0.3) is 0 Å². The number of nitrogens with one attached hydrogen (secondary N) is 1. The topological polar surface area (TPSA) is 15.3 Å². The lowest BCUT2D eigenvalue weighted by molar-refractivity contribution is 0.173. The number of aryl methyl sites for hydroxylation is 1. The second-order valence-electron chi connectivity index (χ2n) is 6.05. The Bertz CT molecular complexity index is 409.